The Morgan fingerprint density at radius 3 is 2.30 bits per heavy atom. The number of benzene rings is 1. The summed E-state index contributed by atoms with van der Waals surface area (Å²) in [6, 6.07) is 14.9. The number of nitrogens with one attached hydrogen (secondary N) is 1. The molecule has 2 heterocycles. The zero-order valence-corrected chi connectivity index (χ0v) is 13.5. The SMILES string of the molecule is N#CC1=C(O)NC(O)=C([n+]2ccccc2)[C@H]1c1ccc(Br)cc1. The van der Waals surface area contributed by atoms with Crippen molar-refractivity contribution in [1.29, 1.82) is 5.26 Å². The summed E-state index contributed by atoms with van der Waals surface area (Å²) in [7, 11) is 0. The number of aliphatic hydroxyl groups excluding tert-OH is 2. The molecule has 114 valence electrons. The predicted molar refractivity (Wildman–Crippen MR) is 87.8 cm³/mol. The van der Waals surface area contributed by atoms with Gasteiger partial charge in [-0.15, -0.1) is 0 Å². The molecule has 0 unspecified atom stereocenters. The van der Waals surface area contributed by atoms with Gasteiger partial charge in [-0.05, 0) is 17.7 Å². The van der Waals surface area contributed by atoms with Gasteiger partial charge in [0.1, 0.15) is 17.6 Å². The number of aromatic nitrogens is 1. The fourth-order valence-electron chi connectivity index (χ4n) is 2.58. The molecule has 0 spiro atoms. The average Bonchev–Trinajstić information content (AvgIpc) is 2.56. The summed E-state index contributed by atoms with van der Waals surface area (Å²) in [4.78, 5) is 0. The Bertz CT molecular complexity index is 836. The lowest BCUT2D eigenvalue weighted by atomic mass is 9.87. The maximum Gasteiger partial charge on any atom is 0.262 e. The number of rotatable bonds is 2. The summed E-state index contributed by atoms with van der Waals surface area (Å²) in [6.45, 7) is 0. The van der Waals surface area contributed by atoms with Crippen molar-refractivity contribution in [1.82, 2.24) is 5.32 Å². The van der Waals surface area contributed by atoms with Crippen molar-refractivity contribution in [3.05, 3.63) is 82.2 Å². The minimum atomic E-state index is -0.582. The van der Waals surface area contributed by atoms with Crippen LogP contribution in [0.1, 0.15) is 11.5 Å². The number of allylic oxidation sites excluding steroid dienone is 2. The van der Waals surface area contributed by atoms with E-state index in [2.05, 4.69) is 21.2 Å². The van der Waals surface area contributed by atoms with Gasteiger partial charge in [0.05, 0.1) is 0 Å². The predicted octanol–water partition coefficient (Wildman–Crippen LogP) is 3.10. The largest absolute Gasteiger partial charge is 0.494 e. The van der Waals surface area contributed by atoms with Gasteiger partial charge in [0.15, 0.2) is 12.4 Å². The Balaban J connectivity index is 2.21. The Kier molecular flexibility index (Phi) is 4.04. The topological polar surface area (TPSA) is 80.2 Å². The van der Waals surface area contributed by atoms with Gasteiger partial charge in [-0.2, -0.15) is 9.83 Å². The van der Waals surface area contributed by atoms with E-state index in [1.54, 1.807) is 17.0 Å². The van der Waals surface area contributed by atoms with Crippen molar-refractivity contribution in [3.8, 4) is 6.07 Å². The van der Waals surface area contributed by atoms with Crippen LogP contribution in [0.3, 0.4) is 0 Å². The van der Waals surface area contributed by atoms with Gasteiger partial charge in [-0.3, -0.25) is 5.32 Å². The molecule has 0 amide bonds. The van der Waals surface area contributed by atoms with Crippen LogP contribution in [0, 0.1) is 11.3 Å². The molecule has 6 heteroatoms. The zero-order valence-electron chi connectivity index (χ0n) is 11.9. The fraction of sp³-hybridized carbons (Fsp3) is 0.0588. The number of aliphatic hydroxyl groups is 2. The molecule has 0 saturated carbocycles. The van der Waals surface area contributed by atoms with Gasteiger partial charge in [-0.25, -0.2) is 0 Å². The van der Waals surface area contributed by atoms with Crippen molar-refractivity contribution in [3.63, 3.8) is 0 Å². The highest BCUT2D eigenvalue weighted by Gasteiger charge is 2.38. The Morgan fingerprint density at radius 1 is 1.04 bits per heavy atom. The summed E-state index contributed by atoms with van der Waals surface area (Å²) in [6.07, 6.45) is 3.55. The van der Waals surface area contributed by atoms with Crippen LogP contribution in [0.15, 0.2) is 76.7 Å². The second-order valence-corrected chi connectivity index (χ2v) is 5.92. The zero-order chi connectivity index (χ0) is 16.4. The van der Waals surface area contributed by atoms with Gasteiger partial charge in [0.2, 0.25) is 5.88 Å². The molecule has 23 heavy (non-hydrogen) atoms. The first-order valence-corrected chi connectivity index (χ1v) is 7.66. The van der Waals surface area contributed by atoms with E-state index in [4.69, 9.17) is 0 Å². The molecule has 0 bridgehead atoms. The quantitative estimate of drug-likeness (QED) is 0.709. The minimum absolute atomic E-state index is 0.150. The van der Waals surface area contributed by atoms with E-state index in [-0.39, 0.29) is 17.3 Å². The standard InChI is InChI=1S/C17H12BrN3O2/c18-12-6-4-11(5-7-12)14-13(10-19)16(22)20-17(23)15(14)21-8-2-1-3-9-21/h1-9,14,20H,(H-,22,23)/p+1/t14-/m0/s1. The van der Waals surface area contributed by atoms with Crippen molar-refractivity contribution in [2.24, 2.45) is 0 Å². The van der Waals surface area contributed by atoms with Gasteiger partial charge in [-0.1, -0.05) is 34.1 Å². The van der Waals surface area contributed by atoms with Crippen LogP contribution in [-0.4, -0.2) is 10.2 Å². The molecule has 5 nitrogen and oxygen atoms in total. The highest BCUT2D eigenvalue weighted by atomic mass is 79.9. The smallest absolute Gasteiger partial charge is 0.262 e. The first-order chi connectivity index (χ1) is 11.1. The second kappa shape index (κ2) is 6.15. The van der Waals surface area contributed by atoms with Crippen molar-refractivity contribution >= 4 is 21.6 Å². The molecule has 3 N–H and O–H groups in total. The van der Waals surface area contributed by atoms with Crippen molar-refractivity contribution in [2.75, 3.05) is 0 Å². The number of halogens is 1. The number of hydrogen-bond acceptors (Lipinski definition) is 4. The molecule has 1 aromatic carbocycles. The summed E-state index contributed by atoms with van der Waals surface area (Å²) >= 11 is 3.38. The first kappa shape index (κ1) is 15.1. The minimum Gasteiger partial charge on any atom is -0.494 e. The maximum absolute atomic E-state index is 10.3. The first-order valence-electron chi connectivity index (χ1n) is 6.87. The van der Waals surface area contributed by atoms with Crippen LogP contribution in [0.4, 0.5) is 0 Å². The molecule has 1 aromatic heterocycles. The Morgan fingerprint density at radius 2 is 1.70 bits per heavy atom. The number of nitriles is 1. The second-order valence-electron chi connectivity index (χ2n) is 5.00. The molecule has 0 saturated heterocycles. The lowest BCUT2D eigenvalue weighted by Gasteiger charge is -2.22. The van der Waals surface area contributed by atoms with E-state index in [1.807, 2.05) is 48.5 Å². The third-order valence-corrected chi connectivity index (χ3v) is 4.14. The van der Waals surface area contributed by atoms with Crippen LogP contribution < -0.4 is 9.88 Å². The summed E-state index contributed by atoms with van der Waals surface area (Å²) < 4.78 is 2.63. The van der Waals surface area contributed by atoms with E-state index < -0.39 is 5.92 Å². The van der Waals surface area contributed by atoms with Crippen molar-refractivity contribution in [2.45, 2.75) is 5.92 Å². The number of dihydropyridines is 1. The third kappa shape index (κ3) is 2.79. The van der Waals surface area contributed by atoms with Gasteiger partial charge in [0, 0.05) is 16.6 Å². The van der Waals surface area contributed by atoms with Gasteiger partial charge in [0.25, 0.3) is 11.6 Å². The van der Waals surface area contributed by atoms with Gasteiger partial charge >= 0.3 is 0 Å². The van der Waals surface area contributed by atoms with Crippen LogP contribution >= 0.6 is 15.9 Å². The molecular formula is C17H13BrN3O2+. The normalized spacial score (nSPS) is 17.7. The van der Waals surface area contributed by atoms with Crippen LogP contribution in [0.5, 0.6) is 0 Å². The molecule has 1 aliphatic rings. The molecule has 3 rings (SSSR count). The van der Waals surface area contributed by atoms with E-state index in [9.17, 15) is 15.5 Å². The van der Waals surface area contributed by atoms with E-state index >= 15 is 0 Å². The van der Waals surface area contributed by atoms with Gasteiger partial charge < -0.3 is 10.2 Å². The Hall–Kier alpha value is -2.78. The third-order valence-electron chi connectivity index (χ3n) is 3.61. The highest BCUT2D eigenvalue weighted by Crippen LogP contribution is 2.36. The lowest BCUT2D eigenvalue weighted by molar-refractivity contribution is -0.586. The summed E-state index contributed by atoms with van der Waals surface area (Å²) in [5.74, 6) is -1.11. The lowest BCUT2D eigenvalue weighted by Crippen LogP contribution is -2.41. The Labute approximate surface area is 141 Å². The van der Waals surface area contributed by atoms with E-state index in [1.165, 1.54) is 0 Å². The fourth-order valence-corrected chi connectivity index (χ4v) is 2.85. The van der Waals surface area contributed by atoms with E-state index in [0.29, 0.717) is 5.70 Å². The molecule has 0 radical (unpaired) electrons. The average molecular weight is 371 g/mol. The van der Waals surface area contributed by atoms with Crippen LogP contribution in [0.2, 0.25) is 0 Å². The molecule has 1 atom stereocenters. The molecule has 2 aromatic rings. The van der Waals surface area contributed by atoms with Crippen molar-refractivity contribution < 1.29 is 14.8 Å². The number of hydrogen-bond donors (Lipinski definition) is 3. The van der Waals surface area contributed by atoms with Crippen LogP contribution in [0.25, 0.3) is 5.70 Å². The van der Waals surface area contributed by atoms with Crippen LogP contribution in [-0.2, 0) is 0 Å². The number of pyridine rings is 1. The highest BCUT2D eigenvalue weighted by molar-refractivity contribution is 9.10. The van der Waals surface area contributed by atoms with E-state index in [0.717, 1.165) is 10.0 Å². The molecule has 0 fully saturated rings. The molecule has 0 aliphatic carbocycles. The maximum atomic E-state index is 10.3. The number of nitrogens with zero attached hydrogens (tertiary/aromatic N) is 2. The summed E-state index contributed by atoms with van der Waals surface area (Å²) in [5.41, 5.74) is 1.41. The molecular weight excluding hydrogens is 358 g/mol. The summed E-state index contributed by atoms with van der Waals surface area (Å²) in [5, 5.41) is 32.3. The molecule has 1 aliphatic heterocycles. The monoisotopic (exact) mass is 370 g/mol.